The van der Waals surface area contributed by atoms with Crippen LogP contribution in [0.5, 0.6) is 0 Å². The molecule has 0 unspecified atom stereocenters. The van der Waals surface area contributed by atoms with Gasteiger partial charge in [-0.3, -0.25) is 0 Å². The fourth-order valence-electron chi connectivity index (χ4n) is 1.26. The molecule has 0 bridgehead atoms. The minimum absolute atomic E-state index is 0.220. The summed E-state index contributed by atoms with van der Waals surface area (Å²) in [7, 11) is 2.02. The maximum atomic E-state index is 10.1. The molecular formula is C13H16N2O2. The number of hydrogen-bond acceptors (Lipinski definition) is 2. The van der Waals surface area contributed by atoms with Crippen molar-refractivity contribution in [1.82, 2.24) is 4.57 Å². The number of carboxylic acid groups (broad SMARTS) is 1. The Balaban J connectivity index is 0.000000171. The zero-order valence-electron chi connectivity index (χ0n) is 10.0. The molecule has 0 saturated carbocycles. The van der Waals surface area contributed by atoms with Crippen LogP contribution >= 0.6 is 0 Å². The Morgan fingerprint density at radius 1 is 1.35 bits per heavy atom. The summed E-state index contributed by atoms with van der Waals surface area (Å²) >= 11 is 0. The summed E-state index contributed by atoms with van der Waals surface area (Å²) < 4.78 is 4.16. The van der Waals surface area contributed by atoms with Crippen molar-refractivity contribution in [1.29, 1.82) is 0 Å². The van der Waals surface area contributed by atoms with Crippen LogP contribution < -0.4 is 9.67 Å². The molecule has 0 atom stereocenters. The summed E-state index contributed by atoms with van der Waals surface area (Å²) in [6, 6.07) is 8.06. The van der Waals surface area contributed by atoms with Gasteiger partial charge in [0.25, 0.3) is 0 Å². The zero-order valence-corrected chi connectivity index (χ0v) is 10.0. The summed E-state index contributed by atoms with van der Waals surface area (Å²) in [5, 5.41) is 10.1. The number of carboxylic acids is 1. The second kappa shape index (κ2) is 6.48. The second-order valence-corrected chi connectivity index (χ2v) is 3.56. The lowest BCUT2D eigenvalue weighted by molar-refractivity contribution is -0.671. The number of hydrogen-bond donors (Lipinski definition) is 0. The highest BCUT2D eigenvalue weighted by atomic mass is 16.4. The second-order valence-electron chi connectivity index (χ2n) is 3.56. The number of benzene rings is 1. The van der Waals surface area contributed by atoms with E-state index in [9.17, 15) is 9.90 Å². The summed E-state index contributed by atoms with van der Waals surface area (Å²) in [5.41, 5.74) is 0.220. The third-order valence-electron chi connectivity index (χ3n) is 2.20. The van der Waals surface area contributed by atoms with Crippen LogP contribution in [-0.4, -0.2) is 10.5 Å². The molecule has 90 valence electrons. The van der Waals surface area contributed by atoms with Crippen LogP contribution in [0.1, 0.15) is 17.3 Å². The topological polar surface area (TPSA) is 48.9 Å². The molecule has 2 aromatic rings. The number of imidazole rings is 1. The van der Waals surface area contributed by atoms with Crippen LogP contribution in [0.15, 0.2) is 49.1 Å². The molecule has 0 saturated heterocycles. The molecule has 0 amide bonds. The number of aromatic carboxylic acids is 1. The van der Waals surface area contributed by atoms with E-state index in [1.54, 1.807) is 18.2 Å². The predicted octanol–water partition coefficient (Wildman–Crippen LogP) is 0.383. The summed E-state index contributed by atoms with van der Waals surface area (Å²) in [6.07, 6.45) is 6.14. The zero-order chi connectivity index (χ0) is 12.7. The largest absolute Gasteiger partial charge is 0.545 e. The van der Waals surface area contributed by atoms with E-state index in [0.29, 0.717) is 0 Å². The van der Waals surface area contributed by atoms with Gasteiger partial charge in [0.1, 0.15) is 12.4 Å². The lowest BCUT2D eigenvalue weighted by Gasteiger charge is -1.97. The Labute approximate surface area is 101 Å². The van der Waals surface area contributed by atoms with Crippen molar-refractivity contribution in [3.8, 4) is 0 Å². The van der Waals surface area contributed by atoms with E-state index in [1.807, 2.05) is 17.8 Å². The molecule has 1 aromatic carbocycles. The summed E-state index contributed by atoms with van der Waals surface area (Å²) in [6.45, 7) is 3.18. The van der Waals surface area contributed by atoms with Gasteiger partial charge in [-0.1, -0.05) is 30.3 Å². The number of rotatable bonds is 2. The Kier molecular flexibility index (Phi) is 4.94. The van der Waals surface area contributed by atoms with Crippen molar-refractivity contribution in [2.24, 2.45) is 7.05 Å². The van der Waals surface area contributed by atoms with Gasteiger partial charge in [-0.15, -0.1) is 0 Å². The first kappa shape index (κ1) is 13.0. The molecule has 0 aliphatic carbocycles. The number of carbonyl (C=O) groups is 1. The maximum absolute atomic E-state index is 10.1. The summed E-state index contributed by atoms with van der Waals surface area (Å²) in [5.74, 6) is -1.13. The lowest BCUT2D eigenvalue weighted by Crippen LogP contribution is -2.23. The van der Waals surface area contributed by atoms with E-state index in [-0.39, 0.29) is 5.56 Å². The van der Waals surface area contributed by atoms with Crippen molar-refractivity contribution in [3.05, 3.63) is 54.6 Å². The highest BCUT2D eigenvalue weighted by Crippen LogP contribution is 1.94. The minimum Gasteiger partial charge on any atom is -0.545 e. The van der Waals surface area contributed by atoms with Crippen molar-refractivity contribution in [2.75, 3.05) is 0 Å². The average molecular weight is 232 g/mol. The van der Waals surface area contributed by atoms with Crippen LogP contribution in [-0.2, 0) is 13.6 Å². The molecule has 2 rings (SSSR count). The molecular weight excluding hydrogens is 216 g/mol. The quantitative estimate of drug-likeness (QED) is 0.703. The fraction of sp³-hybridized carbons (Fsp3) is 0.231. The van der Waals surface area contributed by atoms with E-state index in [2.05, 4.69) is 24.0 Å². The van der Waals surface area contributed by atoms with Gasteiger partial charge in [0.2, 0.25) is 6.33 Å². The highest BCUT2D eigenvalue weighted by molar-refractivity contribution is 5.85. The number of aryl methyl sites for hydroxylation is 2. The van der Waals surface area contributed by atoms with Crippen LogP contribution in [0.2, 0.25) is 0 Å². The van der Waals surface area contributed by atoms with E-state index in [1.165, 1.54) is 12.1 Å². The minimum atomic E-state index is -1.13. The standard InChI is InChI=1S/C7H6O2.C6H11N2/c8-7(9)6-4-2-1-3-5-6;1-3-8-5-4-7(2)6-8/h1-5H,(H,8,9);4-6H,3H2,1-2H3/q;+1/p-1. The van der Waals surface area contributed by atoms with Gasteiger partial charge in [0, 0.05) is 0 Å². The van der Waals surface area contributed by atoms with E-state index in [4.69, 9.17) is 0 Å². The molecule has 0 fully saturated rings. The van der Waals surface area contributed by atoms with E-state index in [0.717, 1.165) is 6.54 Å². The Morgan fingerprint density at radius 3 is 2.29 bits per heavy atom. The Hall–Kier alpha value is -2.10. The third kappa shape index (κ3) is 4.51. The molecule has 1 heterocycles. The predicted molar refractivity (Wildman–Crippen MR) is 62.1 cm³/mol. The first-order valence-electron chi connectivity index (χ1n) is 5.41. The van der Waals surface area contributed by atoms with Crippen LogP contribution in [0.25, 0.3) is 0 Å². The monoisotopic (exact) mass is 232 g/mol. The van der Waals surface area contributed by atoms with E-state index < -0.39 is 5.97 Å². The van der Waals surface area contributed by atoms with Crippen molar-refractivity contribution in [3.63, 3.8) is 0 Å². The van der Waals surface area contributed by atoms with Gasteiger partial charge in [-0.25, -0.2) is 9.13 Å². The smallest absolute Gasteiger partial charge is 0.243 e. The molecule has 0 aliphatic rings. The van der Waals surface area contributed by atoms with Gasteiger partial charge in [0.15, 0.2) is 0 Å². The van der Waals surface area contributed by atoms with Crippen LogP contribution in [0.4, 0.5) is 0 Å². The molecule has 1 aromatic heterocycles. The molecule has 4 heteroatoms. The van der Waals surface area contributed by atoms with Crippen molar-refractivity contribution >= 4 is 5.97 Å². The van der Waals surface area contributed by atoms with Gasteiger partial charge in [-0.2, -0.15) is 0 Å². The first-order chi connectivity index (χ1) is 8.13. The Morgan fingerprint density at radius 2 is 2.00 bits per heavy atom. The average Bonchev–Trinajstić information content (AvgIpc) is 2.77. The molecule has 0 N–H and O–H groups in total. The van der Waals surface area contributed by atoms with Crippen molar-refractivity contribution in [2.45, 2.75) is 13.5 Å². The SMILES string of the molecule is CCn1cc[n+](C)c1.O=C([O-])c1ccccc1. The first-order valence-corrected chi connectivity index (χ1v) is 5.41. The van der Waals surface area contributed by atoms with Gasteiger partial charge in [0.05, 0.1) is 19.6 Å². The number of carbonyl (C=O) groups excluding carboxylic acids is 1. The molecule has 0 spiro atoms. The third-order valence-corrected chi connectivity index (χ3v) is 2.20. The van der Waals surface area contributed by atoms with Gasteiger partial charge >= 0.3 is 0 Å². The molecule has 0 radical (unpaired) electrons. The molecule has 17 heavy (non-hydrogen) atoms. The maximum Gasteiger partial charge on any atom is 0.243 e. The fourth-order valence-corrected chi connectivity index (χ4v) is 1.26. The molecule has 0 aliphatic heterocycles. The Bertz CT molecular complexity index is 463. The summed E-state index contributed by atoms with van der Waals surface area (Å²) in [4.78, 5) is 10.1. The molecule has 4 nitrogen and oxygen atoms in total. The number of aromatic nitrogens is 2. The normalized spacial score (nSPS) is 9.29. The van der Waals surface area contributed by atoms with Gasteiger partial charge < -0.3 is 9.90 Å². The van der Waals surface area contributed by atoms with Crippen molar-refractivity contribution < 1.29 is 14.5 Å². The lowest BCUT2D eigenvalue weighted by atomic mass is 10.2. The van der Waals surface area contributed by atoms with Crippen LogP contribution in [0, 0.1) is 0 Å². The number of nitrogens with zero attached hydrogens (tertiary/aromatic N) is 2. The van der Waals surface area contributed by atoms with Crippen LogP contribution in [0.3, 0.4) is 0 Å². The van der Waals surface area contributed by atoms with Gasteiger partial charge in [-0.05, 0) is 12.5 Å². The highest BCUT2D eigenvalue weighted by Gasteiger charge is 1.92. The van der Waals surface area contributed by atoms with E-state index >= 15 is 0 Å².